The topological polar surface area (TPSA) is 72.6 Å². The zero-order valence-corrected chi connectivity index (χ0v) is 10.4. The lowest BCUT2D eigenvalue weighted by Gasteiger charge is -2.09. The highest BCUT2D eigenvalue weighted by Crippen LogP contribution is 2.27. The van der Waals surface area contributed by atoms with Gasteiger partial charge in [0.1, 0.15) is 11.5 Å². The zero-order valence-electron chi connectivity index (χ0n) is 10.4. The number of aliphatic hydroxyl groups excluding tert-OH is 1. The third kappa shape index (κ3) is 3.08. The minimum atomic E-state index is -0.453. The van der Waals surface area contributed by atoms with Crippen LogP contribution in [0.15, 0.2) is 42.5 Å². The molecule has 0 aliphatic heterocycles. The highest BCUT2D eigenvalue weighted by molar-refractivity contribution is 5.42. The number of nitro benzene ring substituents is 1. The molecule has 0 saturated carbocycles. The fraction of sp³-hybridized carbons (Fsp3) is 0.143. The van der Waals surface area contributed by atoms with Gasteiger partial charge in [-0.1, -0.05) is 12.1 Å². The number of aliphatic hydroxyl groups is 1. The largest absolute Gasteiger partial charge is 0.457 e. The molecule has 5 nitrogen and oxygen atoms in total. The molecular formula is C14H13NO4. The third-order valence-electron chi connectivity index (χ3n) is 2.70. The Morgan fingerprint density at radius 2 is 1.89 bits per heavy atom. The molecule has 0 radical (unpaired) electrons. The molecule has 0 amide bonds. The van der Waals surface area contributed by atoms with Crippen LogP contribution < -0.4 is 4.74 Å². The molecule has 0 fully saturated rings. The molecule has 98 valence electrons. The Kier molecular flexibility index (Phi) is 3.77. The zero-order chi connectivity index (χ0) is 13.8. The number of hydrogen-bond donors (Lipinski definition) is 1. The number of non-ortho nitro benzene ring substituents is 1. The van der Waals surface area contributed by atoms with Gasteiger partial charge in [-0.15, -0.1) is 0 Å². The maximum absolute atomic E-state index is 10.5. The van der Waals surface area contributed by atoms with Crippen molar-refractivity contribution in [3.05, 3.63) is 63.7 Å². The van der Waals surface area contributed by atoms with Crippen molar-refractivity contribution < 1.29 is 14.8 Å². The van der Waals surface area contributed by atoms with E-state index in [4.69, 9.17) is 9.84 Å². The third-order valence-corrected chi connectivity index (χ3v) is 2.70. The number of nitrogens with zero attached hydrogens (tertiary/aromatic N) is 1. The second-order valence-electron chi connectivity index (χ2n) is 4.11. The molecule has 0 aliphatic rings. The Hall–Kier alpha value is -2.40. The number of aryl methyl sites for hydroxylation is 1. The molecule has 0 aromatic heterocycles. The van der Waals surface area contributed by atoms with Gasteiger partial charge in [-0.3, -0.25) is 10.1 Å². The van der Waals surface area contributed by atoms with Gasteiger partial charge in [-0.25, -0.2) is 0 Å². The summed E-state index contributed by atoms with van der Waals surface area (Å²) in [5.74, 6) is 1.19. The maximum atomic E-state index is 10.5. The molecular weight excluding hydrogens is 246 g/mol. The van der Waals surface area contributed by atoms with Crippen LogP contribution in [-0.4, -0.2) is 10.0 Å². The van der Waals surface area contributed by atoms with Crippen molar-refractivity contribution in [2.45, 2.75) is 13.5 Å². The first-order chi connectivity index (χ1) is 9.10. The molecule has 0 aliphatic carbocycles. The standard InChI is InChI=1S/C14H13NO4/c1-10-8-11(9-16)2-7-14(10)19-13-5-3-12(4-6-13)15(17)18/h2-8,16H,9H2,1H3. The van der Waals surface area contributed by atoms with Gasteiger partial charge in [0.25, 0.3) is 5.69 Å². The van der Waals surface area contributed by atoms with Crippen LogP contribution in [0.25, 0.3) is 0 Å². The summed E-state index contributed by atoms with van der Waals surface area (Å²) in [5.41, 5.74) is 1.73. The lowest BCUT2D eigenvalue weighted by atomic mass is 10.1. The number of ether oxygens (including phenoxy) is 1. The molecule has 0 bridgehead atoms. The Labute approximate surface area is 110 Å². The van der Waals surface area contributed by atoms with Gasteiger partial charge in [-0.05, 0) is 36.2 Å². The summed E-state index contributed by atoms with van der Waals surface area (Å²) >= 11 is 0. The lowest BCUT2D eigenvalue weighted by molar-refractivity contribution is -0.384. The summed E-state index contributed by atoms with van der Waals surface area (Å²) in [7, 11) is 0. The number of benzene rings is 2. The molecule has 5 heteroatoms. The molecule has 0 spiro atoms. The van der Waals surface area contributed by atoms with Crippen molar-refractivity contribution >= 4 is 5.69 Å². The van der Waals surface area contributed by atoms with Crippen LogP contribution in [0.2, 0.25) is 0 Å². The molecule has 2 aromatic carbocycles. The van der Waals surface area contributed by atoms with Gasteiger partial charge in [0.05, 0.1) is 11.5 Å². The summed E-state index contributed by atoms with van der Waals surface area (Å²) in [6, 6.07) is 11.3. The van der Waals surface area contributed by atoms with E-state index in [0.29, 0.717) is 11.5 Å². The first-order valence-corrected chi connectivity index (χ1v) is 5.73. The highest BCUT2D eigenvalue weighted by atomic mass is 16.6. The van der Waals surface area contributed by atoms with E-state index in [1.165, 1.54) is 12.1 Å². The van der Waals surface area contributed by atoms with E-state index in [1.807, 2.05) is 13.0 Å². The first kappa shape index (κ1) is 13.0. The predicted molar refractivity (Wildman–Crippen MR) is 70.3 cm³/mol. The van der Waals surface area contributed by atoms with Gasteiger partial charge in [0, 0.05) is 12.1 Å². The lowest BCUT2D eigenvalue weighted by Crippen LogP contribution is -1.91. The molecule has 2 aromatic rings. The second-order valence-corrected chi connectivity index (χ2v) is 4.11. The highest BCUT2D eigenvalue weighted by Gasteiger charge is 2.06. The van der Waals surface area contributed by atoms with E-state index < -0.39 is 4.92 Å². The summed E-state index contributed by atoms with van der Waals surface area (Å²) in [6.45, 7) is 1.86. The van der Waals surface area contributed by atoms with E-state index in [0.717, 1.165) is 11.1 Å². The van der Waals surface area contributed by atoms with Crippen molar-refractivity contribution in [1.29, 1.82) is 0 Å². The van der Waals surface area contributed by atoms with Gasteiger partial charge in [0.15, 0.2) is 0 Å². The molecule has 1 N–H and O–H groups in total. The molecule has 0 heterocycles. The minimum absolute atomic E-state index is 0.0152. The first-order valence-electron chi connectivity index (χ1n) is 5.73. The van der Waals surface area contributed by atoms with E-state index in [1.54, 1.807) is 24.3 Å². The van der Waals surface area contributed by atoms with E-state index in [9.17, 15) is 10.1 Å². The van der Waals surface area contributed by atoms with Crippen molar-refractivity contribution in [3.8, 4) is 11.5 Å². The van der Waals surface area contributed by atoms with Gasteiger partial charge >= 0.3 is 0 Å². The van der Waals surface area contributed by atoms with Gasteiger partial charge in [-0.2, -0.15) is 0 Å². The Balaban J connectivity index is 2.19. The van der Waals surface area contributed by atoms with Crippen LogP contribution in [0.4, 0.5) is 5.69 Å². The van der Waals surface area contributed by atoms with Crippen molar-refractivity contribution in [1.82, 2.24) is 0 Å². The average molecular weight is 259 g/mol. The van der Waals surface area contributed by atoms with E-state index in [2.05, 4.69) is 0 Å². The quantitative estimate of drug-likeness (QED) is 0.676. The monoisotopic (exact) mass is 259 g/mol. The van der Waals surface area contributed by atoms with Crippen LogP contribution in [0.5, 0.6) is 11.5 Å². The molecule has 0 atom stereocenters. The molecule has 0 saturated heterocycles. The van der Waals surface area contributed by atoms with Crippen LogP contribution in [0, 0.1) is 17.0 Å². The van der Waals surface area contributed by atoms with Crippen LogP contribution in [0.1, 0.15) is 11.1 Å². The molecule has 2 rings (SSSR count). The fourth-order valence-corrected chi connectivity index (χ4v) is 1.69. The maximum Gasteiger partial charge on any atom is 0.269 e. The average Bonchev–Trinajstić information content (AvgIpc) is 2.41. The number of rotatable bonds is 4. The molecule has 19 heavy (non-hydrogen) atoms. The smallest absolute Gasteiger partial charge is 0.269 e. The van der Waals surface area contributed by atoms with Crippen molar-refractivity contribution in [2.24, 2.45) is 0 Å². The van der Waals surface area contributed by atoms with Crippen LogP contribution >= 0.6 is 0 Å². The molecule has 0 unspecified atom stereocenters. The SMILES string of the molecule is Cc1cc(CO)ccc1Oc1ccc([N+](=O)[O-])cc1. The van der Waals surface area contributed by atoms with Crippen LogP contribution in [0.3, 0.4) is 0 Å². The minimum Gasteiger partial charge on any atom is -0.457 e. The van der Waals surface area contributed by atoms with E-state index >= 15 is 0 Å². The second kappa shape index (κ2) is 5.49. The Morgan fingerprint density at radius 3 is 2.42 bits per heavy atom. The summed E-state index contributed by atoms with van der Waals surface area (Å²) in [6.07, 6.45) is 0. The van der Waals surface area contributed by atoms with Crippen molar-refractivity contribution in [2.75, 3.05) is 0 Å². The summed E-state index contributed by atoms with van der Waals surface area (Å²) in [4.78, 5) is 10.1. The van der Waals surface area contributed by atoms with Gasteiger partial charge in [0.2, 0.25) is 0 Å². The van der Waals surface area contributed by atoms with Crippen molar-refractivity contribution in [3.63, 3.8) is 0 Å². The Bertz CT molecular complexity index is 593. The van der Waals surface area contributed by atoms with Crippen LogP contribution in [-0.2, 0) is 6.61 Å². The van der Waals surface area contributed by atoms with Gasteiger partial charge < -0.3 is 9.84 Å². The fourth-order valence-electron chi connectivity index (χ4n) is 1.69. The number of hydrogen-bond acceptors (Lipinski definition) is 4. The Morgan fingerprint density at radius 1 is 1.21 bits per heavy atom. The summed E-state index contributed by atoms with van der Waals surface area (Å²) < 4.78 is 5.64. The number of nitro groups is 1. The predicted octanol–water partition coefficient (Wildman–Crippen LogP) is 3.19. The van der Waals surface area contributed by atoms with E-state index in [-0.39, 0.29) is 12.3 Å². The normalized spacial score (nSPS) is 10.2. The summed E-state index contributed by atoms with van der Waals surface area (Å²) in [5, 5.41) is 19.6.